The van der Waals surface area contributed by atoms with Gasteiger partial charge < -0.3 is 19.9 Å². The van der Waals surface area contributed by atoms with E-state index in [9.17, 15) is 0 Å². The lowest BCUT2D eigenvalue weighted by atomic mass is 10.2. The summed E-state index contributed by atoms with van der Waals surface area (Å²) in [7, 11) is 1.89. The first kappa shape index (κ1) is 14.3. The average Bonchev–Trinajstić information content (AvgIpc) is 2.32. The predicted octanol–water partition coefficient (Wildman–Crippen LogP) is 1.45. The van der Waals surface area contributed by atoms with Crippen LogP contribution >= 0.6 is 11.6 Å². The standard InChI is InChI=1S/C12H18ClNO3/c1-14-9-10-2-3-12(11(13)8-10)17-7-6-16-5-4-15/h2-3,8,14-15H,4-7,9H2,1H3. The van der Waals surface area contributed by atoms with Gasteiger partial charge in [0.2, 0.25) is 0 Å². The topological polar surface area (TPSA) is 50.7 Å². The highest BCUT2D eigenvalue weighted by molar-refractivity contribution is 6.32. The van der Waals surface area contributed by atoms with Crippen LogP contribution in [-0.4, -0.2) is 38.6 Å². The Labute approximate surface area is 106 Å². The summed E-state index contributed by atoms with van der Waals surface area (Å²) in [6.45, 7) is 2.00. The van der Waals surface area contributed by atoms with Crippen molar-refractivity contribution >= 4 is 11.6 Å². The molecule has 96 valence electrons. The van der Waals surface area contributed by atoms with Crippen LogP contribution in [0.4, 0.5) is 0 Å². The second-order valence-corrected chi connectivity index (χ2v) is 3.89. The maximum Gasteiger partial charge on any atom is 0.138 e. The van der Waals surface area contributed by atoms with Gasteiger partial charge in [0, 0.05) is 6.54 Å². The molecular formula is C12H18ClNO3. The highest BCUT2D eigenvalue weighted by atomic mass is 35.5. The maximum atomic E-state index is 8.51. The first-order valence-electron chi connectivity index (χ1n) is 5.52. The summed E-state index contributed by atoms with van der Waals surface area (Å²) in [5.74, 6) is 0.652. The van der Waals surface area contributed by atoms with Gasteiger partial charge in [-0.25, -0.2) is 0 Å². The van der Waals surface area contributed by atoms with Crippen LogP contribution in [0.25, 0.3) is 0 Å². The molecule has 2 N–H and O–H groups in total. The summed E-state index contributed by atoms with van der Waals surface area (Å²) in [6.07, 6.45) is 0. The first-order valence-corrected chi connectivity index (χ1v) is 5.90. The second kappa shape index (κ2) is 8.31. The Bertz CT molecular complexity index is 334. The van der Waals surface area contributed by atoms with E-state index in [1.165, 1.54) is 0 Å². The lowest BCUT2D eigenvalue weighted by Crippen LogP contribution is -2.09. The van der Waals surface area contributed by atoms with Crippen molar-refractivity contribution in [1.82, 2.24) is 5.32 Å². The lowest BCUT2D eigenvalue weighted by Gasteiger charge is -2.09. The van der Waals surface area contributed by atoms with Crippen molar-refractivity contribution in [2.75, 3.05) is 33.5 Å². The molecule has 0 spiro atoms. The van der Waals surface area contributed by atoms with Gasteiger partial charge >= 0.3 is 0 Å². The monoisotopic (exact) mass is 259 g/mol. The Morgan fingerprint density at radius 1 is 1.29 bits per heavy atom. The third kappa shape index (κ3) is 5.37. The van der Waals surface area contributed by atoms with E-state index in [-0.39, 0.29) is 6.61 Å². The van der Waals surface area contributed by atoms with Gasteiger partial charge in [0.1, 0.15) is 12.4 Å². The van der Waals surface area contributed by atoms with Crippen molar-refractivity contribution < 1.29 is 14.6 Å². The van der Waals surface area contributed by atoms with Crippen LogP contribution in [0.5, 0.6) is 5.75 Å². The fourth-order valence-corrected chi connectivity index (χ4v) is 1.61. The molecule has 0 radical (unpaired) electrons. The Balaban J connectivity index is 2.38. The smallest absolute Gasteiger partial charge is 0.138 e. The van der Waals surface area contributed by atoms with E-state index in [1.807, 2.05) is 25.2 Å². The minimum atomic E-state index is 0.0273. The fourth-order valence-electron chi connectivity index (χ4n) is 1.35. The molecule has 1 rings (SSSR count). The highest BCUT2D eigenvalue weighted by Gasteiger charge is 2.02. The molecule has 4 nitrogen and oxygen atoms in total. The number of ether oxygens (including phenoxy) is 2. The molecule has 0 saturated heterocycles. The molecule has 1 aromatic carbocycles. The number of benzene rings is 1. The van der Waals surface area contributed by atoms with E-state index < -0.39 is 0 Å². The van der Waals surface area contributed by atoms with E-state index in [0.717, 1.165) is 12.1 Å². The van der Waals surface area contributed by atoms with Gasteiger partial charge in [-0.3, -0.25) is 0 Å². The molecule has 0 amide bonds. The molecule has 17 heavy (non-hydrogen) atoms. The van der Waals surface area contributed by atoms with E-state index in [1.54, 1.807) is 0 Å². The van der Waals surface area contributed by atoms with Gasteiger partial charge in [0.15, 0.2) is 0 Å². The number of hydrogen-bond donors (Lipinski definition) is 2. The minimum absolute atomic E-state index is 0.0273. The Morgan fingerprint density at radius 2 is 2.12 bits per heavy atom. The summed E-state index contributed by atoms with van der Waals surface area (Å²) in [6, 6.07) is 5.69. The molecule has 0 heterocycles. The summed E-state index contributed by atoms with van der Waals surface area (Å²) in [5, 5.41) is 12.2. The first-order chi connectivity index (χ1) is 8.27. The molecule has 1 aromatic rings. The zero-order chi connectivity index (χ0) is 12.5. The third-order valence-electron chi connectivity index (χ3n) is 2.10. The number of aliphatic hydroxyl groups excluding tert-OH is 1. The van der Waals surface area contributed by atoms with Crippen LogP contribution in [-0.2, 0) is 11.3 Å². The van der Waals surface area contributed by atoms with E-state index in [4.69, 9.17) is 26.2 Å². The molecule has 0 bridgehead atoms. The molecule has 0 aromatic heterocycles. The quantitative estimate of drug-likeness (QED) is 0.694. The van der Waals surface area contributed by atoms with Crippen LogP contribution in [0, 0.1) is 0 Å². The number of rotatable bonds is 8. The Morgan fingerprint density at radius 3 is 2.76 bits per heavy atom. The molecule has 0 unspecified atom stereocenters. The second-order valence-electron chi connectivity index (χ2n) is 3.48. The summed E-state index contributed by atoms with van der Waals surface area (Å²) in [5.41, 5.74) is 1.11. The molecule has 5 heteroatoms. The molecule has 0 aliphatic rings. The van der Waals surface area contributed by atoms with Crippen molar-refractivity contribution in [3.8, 4) is 5.75 Å². The van der Waals surface area contributed by atoms with Crippen LogP contribution in [0.2, 0.25) is 5.02 Å². The van der Waals surface area contributed by atoms with Gasteiger partial charge in [-0.15, -0.1) is 0 Å². The predicted molar refractivity (Wildman–Crippen MR) is 67.6 cm³/mol. The van der Waals surface area contributed by atoms with E-state index >= 15 is 0 Å². The maximum absolute atomic E-state index is 8.51. The van der Waals surface area contributed by atoms with Crippen LogP contribution in [0.3, 0.4) is 0 Å². The van der Waals surface area contributed by atoms with E-state index in [0.29, 0.717) is 30.6 Å². The third-order valence-corrected chi connectivity index (χ3v) is 2.39. The van der Waals surface area contributed by atoms with Crippen LogP contribution < -0.4 is 10.1 Å². The van der Waals surface area contributed by atoms with Crippen molar-refractivity contribution in [2.45, 2.75) is 6.54 Å². The summed E-state index contributed by atoms with van der Waals surface area (Å²) >= 11 is 6.07. The van der Waals surface area contributed by atoms with Crippen molar-refractivity contribution in [3.05, 3.63) is 28.8 Å². The van der Waals surface area contributed by atoms with Crippen LogP contribution in [0.15, 0.2) is 18.2 Å². The zero-order valence-corrected chi connectivity index (χ0v) is 10.7. The van der Waals surface area contributed by atoms with Gasteiger partial charge in [-0.05, 0) is 24.7 Å². The van der Waals surface area contributed by atoms with Gasteiger partial charge in [0.25, 0.3) is 0 Å². The molecule has 0 aliphatic carbocycles. The summed E-state index contributed by atoms with van der Waals surface area (Å²) in [4.78, 5) is 0. The van der Waals surface area contributed by atoms with E-state index in [2.05, 4.69) is 5.32 Å². The van der Waals surface area contributed by atoms with Gasteiger partial charge in [0.05, 0.1) is 24.8 Å². The van der Waals surface area contributed by atoms with Crippen LogP contribution in [0.1, 0.15) is 5.56 Å². The van der Waals surface area contributed by atoms with Crippen molar-refractivity contribution in [3.63, 3.8) is 0 Å². The van der Waals surface area contributed by atoms with Crippen molar-refractivity contribution in [1.29, 1.82) is 0 Å². The molecule has 0 atom stereocenters. The number of halogens is 1. The van der Waals surface area contributed by atoms with Crippen molar-refractivity contribution in [2.24, 2.45) is 0 Å². The lowest BCUT2D eigenvalue weighted by molar-refractivity contribution is 0.0705. The SMILES string of the molecule is CNCc1ccc(OCCOCCO)c(Cl)c1. The Hall–Kier alpha value is -0.810. The molecule has 0 aliphatic heterocycles. The Kier molecular flexibility index (Phi) is 6.96. The fraction of sp³-hybridized carbons (Fsp3) is 0.500. The minimum Gasteiger partial charge on any atom is -0.490 e. The number of hydrogen-bond acceptors (Lipinski definition) is 4. The number of nitrogens with one attached hydrogen (secondary N) is 1. The summed E-state index contributed by atoms with van der Waals surface area (Å²) < 4.78 is 10.5. The molecule has 0 fully saturated rings. The zero-order valence-electron chi connectivity index (χ0n) is 9.91. The molecule has 0 saturated carbocycles. The van der Waals surface area contributed by atoms with Gasteiger partial charge in [-0.2, -0.15) is 0 Å². The average molecular weight is 260 g/mol. The highest BCUT2D eigenvalue weighted by Crippen LogP contribution is 2.25. The normalized spacial score (nSPS) is 10.5. The van der Waals surface area contributed by atoms with Gasteiger partial charge in [-0.1, -0.05) is 17.7 Å². The number of aliphatic hydroxyl groups is 1. The largest absolute Gasteiger partial charge is 0.490 e. The molecular weight excluding hydrogens is 242 g/mol.